The van der Waals surface area contributed by atoms with E-state index >= 15 is 0 Å². The smallest absolute Gasteiger partial charge is 0.273 e. The predicted octanol–water partition coefficient (Wildman–Crippen LogP) is 3.17. The zero-order chi connectivity index (χ0) is 19.9. The van der Waals surface area contributed by atoms with Crippen LogP contribution in [0.4, 0.5) is 10.8 Å². The Bertz CT molecular complexity index is 956. The number of aryl methyl sites for hydroxylation is 1. The monoisotopic (exact) mass is 398 g/mol. The van der Waals surface area contributed by atoms with E-state index in [0.717, 1.165) is 17.7 Å². The van der Waals surface area contributed by atoms with Crippen molar-refractivity contribution in [1.29, 1.82) is 0 Å². The fraction of sp³-hybridized carbons (Fsp3) is 0.400. The van der Waals surface area contributed by atoms with Crippen LogP contribution < -0.4 is 10.2 Å². The van der Waals surface area contributed by atoms with E-state index in [-0.39, 0.29) is 30.6 Å². The van der Waals surface area contributed by atoms with Crippen molar-refractivity contribution in [2.45, 2.75) is 45.2 Å². The number of benzene rings is 1. The third-order valence-corrected chi connectivity index (χ3v) is 6.14. The number of thiazole rings is 1. The third-order valence-electron chi connectivity index (χ3n) is 5.31. The molecule has 4 rings (SSSR count). The number of hydrogen-bond donors (Lipinski definition) is 1. The molecule has 0 unspecified atom stereocenters. The Labute approximate surface area is 167 Å². The molecule has 2 aliphatic heterocycles. The van der Waals surface area contributed by atoms with Crippen LogP contribution >= 0.6 is 11.3 Å². The Morgan fingerprint density at radius 1 is 1.32 bits per heavy atom. The number of carbonyl (C=O) groups is 3. The van der Waals surface area contributed by atoms with E-state index in [4.69, 9.17) is 0 Å². The number of carbonyl (C=O) groups excluding carboxylic acids is 3. The highest BCUT2D eigenvalue weighted by Gasteiger charge is 2.60. The standard InChI is InChI=1S/C20H22N4O3S/c1-3-4-11-23-17(26)14-7-5-6-8-15(14)24-16(25)9-10-20(23,24)18(27)22-19-21-12-13(2)28-19/h5-8,12H,3-4,9-11H2,1-2H3,(H,21,22,27)/t20-/m1/s1. The molecule has 1 atom stereocenters. The summed E-state index contributed by atoms with van der Waals surface area (Å²) in [5.74, 6) is -0.737. The van der Waals surface area contributed by atoms with Crippen molar-refractivity contribution in [1.82, 2.24) is 9.88 Å². The van der Waals surface area contributed by atoms with Crippen LogP contribution in [-0.4, -0.2) is 39.8 Å². The second kappa shape index (κ2) is 7.01. The number of para-hydroxylation sites is 1. The van der Waals surface area contributed by atoms with E-state index in [1.165, 1.54) is 16.2 Å². The van der Waals surface area contributed by atoms with Gasteiger partial charge < -0.3 is 4.90 Å². The summed E-state index contributed by atoms with van der Waals surface area (Å²) in [4.78, 5) is 48.0. The van der Waals surface area contributed by atoms with Crippen LogP contribution in [0.15, 0.2) is 30.5 Å². The summed E-state index contributed by atoms with van der Waals surface area (Å²) in [5, 5.41) is 3.32. The first kappa shape index (κ1) is 18.6. The number of anilines is 2. The maximum absolute atomic E-state index is 13.5. The summed E-state index contributed by atoms with van der Waals surface area (Å²) in [6.07, 6.45) is 3.80. The van der Waals surface area contributed by atoms with Gasteiger partial charge in [0.2, 0.25) is 11.6 Å². The van der Waals surface area contributed by atoms with Gasteiger partial charge in [-0.3, -0.25) is 24.6 Å². The van der Waals surface area contributed by atoms with Gasteiger partial charge in [0.1, 0.15) is 0 Å². The molecule has 2 aliphatic rings. The van der Waals surface area contributed by atoms with Crippen LogP contribution in [0.5, 0.6) is 0 Å². The maximum Gasteiger partial charge on any atom is 0.273 e. The normalized spacial score (nSPS) is 20.9. The van der Waals surface area contributed by atoms with Crippen LogP contribution in [0.1, 0.15) is 47.8 Å². The minimum atomic E-state index is -1.35. The second-order valence-electron chi connectivity index (χ2n) is 7.10. The molecule has 1 fully saturated rings. The minimum absolute atomic E-state index is 0.146. The molecule has 146 valence electrons. The molecule has 0 saturated carbocycles. The Hall–Kier alpha value is -2.74. The highest BCUT2D eigenvalue weighted by atomic mass is 32.1. The minimum Gasteiger partial charge on any atom is -0.307 e. The SMILES string of the molecule is CCCCN1C(=O)c2ccccc2N2C(=O)CC[C@@]12C(=O)Nc1ncc(C)s1. The largest absolute Gasteiger partial charge is 0.307 e. The molecule has 7 nitrogen and oxygen atoms in total. The number of fused-ring (bicyclic) bond motifs is 3. The summed E-state index contributed by atoms with van der Waals surface area (Å²) in [7, 11) is 0. The summed E-state index contributed by atoms with van der Waals surface area (Å²) in [6, 6.07) is 7.02. The molecule has 8 heteroatoms. The van der Waals surface area contributed by atoms with Crippen LogP contribution in [0, 0.1) is 6.92 Å². The number of amides is 3. The molecule has 3 heterocycles. The van der Waals surface area contributed by atoms with Crippen LogP contribution in [0.3, 0.4) is 0 Å². The van der Waals surface area contributed by atoms with Gasteiger partial charge in [0.25, 0.3) is 11.8 Å². The first-order valence-corrected chi connectivity index (χ1v) is 10.3. The number of unbranched alkanes of at least 4 members (excludes halogenated alkanes) is 1. The van der Waals surface area contributed by atoms with Gasteiger partial charge in [0.05, 0.1) is 11.3 Å². The van der Waals surface area contributed by atoms with E-state index in [1.54, 1.807) is 35.4 Å². The second-order valence-corrected chi connectivity index (χ2v) is 8.34. The van der Waals surface area contributed by atoms with E-state index in [2.05, 4.69) is 10.3 Å². The predicted molar refractivity (Wildman–Crippen MR) is 107 cm³/mol. The zero-order valence-corrected chi connectivity index (χ0v) is 16.7. The molecule has 0 bridgehead atoms. The Morgan fingerprint density at radius 2 is 2.11 bits per heavy atom. The third kappa shape index (κ3) is 2.71. The molecule has 3 amide bonds. The van der Waals surface area contributed by atoms with Crippen molar-refractivity contribution in [2.24, 2.45) is 0 Å². The summed E-state index contributed by atoms with van der Waals surface area (Å²) >= 11 is 1.37. The van der Waals surface area contributed by atoms with Crippen LogP contribution in [-0.2, 0) is 9.59 Å². The molecule has 1 aromatic carbocycles. The van der Waals surface area contributed by atoms with Gasteiger partial charge in [-0.2, -0.15) is 0 Å². The van der Waals surface area contributed by atoms with E-state index in [1.807, 2.05) is 13.8 Å². The number of nitrogens with zero attached hydrogens (tertiary/aromatic N) is 3. The zero-order valence-electron chi connectivity index (χ0n) is 15.9. The molecule has 28 heavy (non-hydrogen) atoms. The van der Waals surface area contributed by atoms with Gasteiger partial charge in [-0.1, -0.05) is 25.5 Å². The summed E-state index contributed by atoms with van der Waals surface area (Å²) in [5.41, 5.74) is -0.382. The van der Waals surface area contributed by atoms with Gasteiger partial charge >= 0.3 is 0 Å². The topological polar surface area (TPSA) is 82.6 Å². The molecular weight excluding hydrogens is 376 g/mol. The average Bonchev–Trinajstić information content (AvgIpc) is 3.25. The van der Waals surface area contributed by atoms with Crippen molar-refractivity contribution >= 4 is 39.9 Å². The number of aromatic nitrogens is 1. The lowest BCUT2D eigenvalue weighted by molar-refractivity contribution is -0.129. The fourth-order valence-electron chi connectivity index (χ4n) is 4.01. The van der Waals surface area contributed by atoms with Crippen LogP contribution in [0.25, 0.3) is 0 Å². The van der Waals surface area contributed by atoms with Crippen molar-refractivity contribution in [3.63, 3.8) is 0 Å². The van der Waals surface area contributed by atoms with Gasteiger partial charge in [0, 0.05) is 30.5 Å². The van der Waals surface area contributed by atoms with Crippen molar-refractivity contribution in [3.05, 3.63) is 40.9 Å². The number of nitrogens with one attached hydrogen (secondary N) is 1. The highest BCUT2D eigenvalue weighted by molar-refractivity contribution is 7.15. The molecule has 1 aromatic heterocycles. The van der Waals surface area contributed by atoms with Crippen molar-refractivity contribution in [2.75, 3.05) is 16.8 Å². The lowest BCUT2D eigenvalue weighted by Gasteiger charge is -2.49. The molecule has 1 N–H and O–H groups in total. The Balaban J connectivity index is 1.83. The lowest BCUT2D eigenvalue weighted by atomic mass is 9.95. The highest BCUT2D eigenvalue weighted by Crippen LogP contribution is 2.45. The van der Waals surface area contributed by atoms with Crippen molar-refractivity contribution < 1.29 is 14.4 Å². The first-order valence-electron chi connectivity index (χ1n) is 9.47. The van der Waals surface area contributed by atoms with Crippen molar-refractivity contribution in [3.8, 4) is 0 Å². The molecule has 1 saturated heterocycles. The first-order chi connectivity index (χ1) is 13.5. The number of rotatable bonds is 5. The van der Waals surface area contributed by atoms with Gasteiger partial charge in [-0.05, 0) is 25.5 Å². The van der Waals surface area contributed by atoms with Gasteiger partial charge in [0.15, 0.2) is 5.13 Å². The Morgan fingerprint density at radius 3 is 2.82 bits per heavy atom. The number of hydrogen-bond acceptors (Lipinski definition) is 5. The quantitative estimate of drug-likeness (QED) is 0.839. The van der Waals surface area contributed by atoms with E-state index in [0.29, 0.717) is 22.9 Å². The average molecular weight is 398 g/mol. The fourth-order valence-corrected chi connectivity index (χ4v) is 4.67. The Kier molecular flexibility index (Phi) is 4.66. The molecule has 0 aliphatic carbocycles. The van der Waals surface area contributed by atoms with E-state index < -0.39 is 5.66 Å². The molecule has 2 aromatic rings. The lowest BCUT2D eigenvalue weighted by Crippen LogP contribution is -2.69. The van der Waals surface area contributed by atoms with Gasteiger partial charge in [-0.15, -0.1) is 11.3 Å². The van der Waals surface area contributed by atoms with Crippen LogP contribution in [0.2, 0.25) is 0 Å². The van der Waals surface area contributed by atoms with E-state index in [9.17, 15) is 14.4 Å². The molecular formula is C20H22N4O3S. The summed E-state index contributed by atoms with van der Waals surface area (Å²) in [6.45, 7) is 4.35. The molecule has 0 spiro atoms. The van der Waals surface area contributed by atoms with Gasteiger partial charge in [-0.25, -0.2) is 4.98 Å². The maximum atomic E-state index is 13.5. The molecule has 0 radical (unpaired) electrons. The summed E-state index contributed by atoms with van der Waals surface area (Å²) < 4.78 is 0.